The zero-order valence-electron chi connectivity index (χ0n) is 16.4. The molecule has 0 saturated heterocycles. The van der Waals surface area contributed by atoms with Crippen LogP contribution in [0.25, 0.3) is 39.3 Å². The maximum atomic E-state index is 6.04. The first-order chi connectivity index (χ1) is 14.0. The maximum Gasteiger partial charge on any atom is 0.231 e. The molecule has 7 nitrogen and oxygen atoms in total. The van der Waals surface area contributed by atoms with Crippen molar-refractivity contribution in [2.24, 2.45) is 0 Å². The molecule has 0 spiro atoms. The largest absolute Gasteiger partial charge is 0.436 e. The van der Waals surface area contributed by atoms with Crippen LogP contribution in [0.4, 0.5) is 5.82 Å². The summed E-state index contributed by atoms with van der Waals surface area (Å²) in [5.41, 5.74) is 4.94. The Labute approximate surface area is 167 Å². The molecule has 0 saturated carbocycles. The third kappa shape index (κ3) is 3.31. The SMILES string of the molecule is CC(C)(C)Nc1ncc(-c2ccc3ncnn3c2)cc1-c1nc2ccccc2o1. The first kappa shape index (κ1) is 17.4. The molecule has 0 aliphatic rings. The molecule has 0 bridgehead atoms. The van der Waals surface area contributed by atoms with E-state index in [1.54, 1.807) is 4.52 Å². The highest BCUT2D eigenvalue weighted by atomic mass is 16.3. The molecular weight excluding hydrogens is 364 g/mol. The van der Waals surface area contributed by atoms with E-state index >= 15 is 0 Å². The summed E-state index contributed by atoms with van der Waals surface area (Å²) in [4.78, 5) is 13.6. The molecule has 1 aromatic carbocycles. The molecule has 0 fully saturated rings. The lowest BCUT2D eigenvalue weighted by molar-refractivity contribution is 0.614. The van der Waals surface area contributed by atoms with Gasteiger partial charge < -0.3 is 9.73 Å². The highest BCUT2D eigenvalue weighted by Crippen LogP contribution is 2.33. The van der Waals surface area contributed by atoms with Gasteiger partial charge in [0.15, 0.2) is 11.2 Å². The van der Waals surface area contributed by atoms with E-state index in [9.17, 15) is 0 Å². The standard InChI is InChI=1S/C22H20N6O/c1-22(2,3)27-20-16(21-26-17-6-4-5-7-18(17)29-21)10-15(11-23-20)14-8-9-19-24-13-25-28(19)12-14/h4-13H,1-3H3,(H,23,27). The molecule has 0 aliphatic heterocycles. The van der Waals surface area contributed by atoms with Crippen LogP contribution >= 0.6 is 0 Å². The Hall–Kier alpha value is -3.74. The van der Waals surface area contributed by atoms with E-state index in [4.69, 9.17) is 9.40 Å². The minimum atomic E-state index is -0.158. The Kier molecular flexibility index (Phi) is 3.84. The smallest absolute Gasteiger partial charge is 0.231 e. The lowest BCUT2D eigenvalue weighted by atomic mass is 10.1. The number of anilines is 1. The van der Waals surface area contributed by atoms with Crippen molar-refractivity contribution in [1.29, 1.82) is 0 Å². The number of para-hydroxylation sites is 2. The summed E-state index contributed by atoms with van der Waals surface area (Å²) < 4.78 is 7.79. The van der Waals surface area contributed by atoms with Crippen molar-refractivity contribution in [2.45, 2.75) is 26.3 Å². The number of nitrogens with zero attached hydrogens (tertiary/aromatic N) is 5. The highest BCUT2D eigenvalue weighted by Gasteiger charge is 2.19. The number of fused-ring (bicyclic) bond motifs is 2. The van der Waals surface area contributed by atoms with Crippen molar-refractivity contribution in [3.8, 4) is 22.6 Å². The molecule has 7 heteroatoms. The summed E-state index contributed by atoms with van der Waals surface area (Å²) in [5.74, 6) is 1.27. The minimum absolute atomic E-state index is 0.158. The second-order valence-corrected chi connectivity index (χ2v) is 7.96. The number of oxazole rings is 1. The summed E-state index contributed by atoms with van der Waals surface area (Å²) in [6.45, 7) is 6.28. The number of rotatable bonds is 3. The third-order valence-corrected chi connectivity index (χ3v) is 4.51. The lowest BCUT2D eigenvalue weighted by Crippen LogP contribution is -2.27. The van der Waals surface area contributed by atoms with Crippen LogP contribution in [0, 0.1) is 0 Å². The van der Waals surface area contributed by atoms with E-state index in [1.165, 1.54) is 6.33 Å². The number of hydrogen-bond acceptors (Lipinski definition) is 6. The van der Waals surface area contributed by atoms with Crippen LogP contribution in [-0.4, -0.2) is 30.1 Å². The van der Waals surface area contributed by atoms with Gasteiger partial charge in [-0.1, -0.05) is 12.1 Å². The van der Waals surface area contributed by atoms with Crippen molar-refractivity contribution in [3.05, 3.63) is 61.2 Å². The van der Waals surface area contributed by atoms with Gasteiger partial charge in [-0.05, 0) is 51.1 Å². The Bertz CT molecular complexity index is 1300. The van der Waals surface area contributed by atoms with Gasteiger partial charge in [-0.2, -0.15) is 5.10 Å². The fraction of sp³-hybridized carbons (Fsp3) is 0.182. The Morgan fingerprint density at radius 2 is 1.86 bits per heavy atom. The fourth-order valence-electron chi connectivity index (χ4n) is 3.22. The van der Waals surface area contributed by atoms with E-state index in [0.717, 1.165) is 39.3 Å². The summed E-state index contributed by atoms with van der Waals surface area (Å²) in [6.07, 6.45) is 5.32. The summed E-state index contributed by atoms with van der Waals surface area (Å²) in [6, 6.07) is 13.7. The molecule has 144 valence electrons. The first-order valence-electron chi connectivity index (χ1n) is 9.40. The summed E-state index contributed by atoms with van der Waals surface area (Å²) in [5, 5.41) is 7.68. The van der Waals surface area contributed by atoms with E-state index in [2.05, 4.69) is 41.2 Å². The van der Waals surface area contributed by atoms with Crippen molar-refractivity contribution < 1.29 is 4.42 Å². The number of nitrogens with one attached hydrogen (secondary N) is 1. The predicted octanol–water partition coefficient (Wildman–Crippen LogP) is 4.81. The van der Waals surface area contributed by atoms with Gasteiger partial charge in [0.2, 0.25) is 5.89 Å². The van der Waals surface area contributed by atoms with E-state index in [1.807, 2.05) is 54.9 Å². The Balaban J connectivity index is 1.67. The van der Waals surface area contributed by atoms with Gasteiger partial charge in [-0.3, -0.25) is 0 Å². The summed E-state index contributed by atoms with van der Waals surface area (Å²) in [7, 11) is 0. The third-order valence-electron chi connectivity index (χ3n) is 4.51. The minimum Gasteiger partial charge on any atom is -0.436 e. The van der Waals surface area contributed by atoms with Gasteiger partial charge in [-0.25, -0.2) is 19.5 Å². The molecule has 5 rings (SSSR count). The molecular formula is C22H20N6O. The van der Waals surface area contributed by atoms with Crippen LogP contribution in [0.2, 0.25) is 0 Å². The monoisotopic (exact) mass is 384 g/mol. The van der Waals surface area contributed by atoms with Crippen LogP contribution in [0.3, 0.4) is 0 Å². The number of benzene rings is 1. The lowest BCUT2D eigenvalue weighted by Gasteiger charge is -2.23. The van der Waals surface area contributed by atoms with Crippen LogP contribution in [0.5, 0.6) is 0 Å². The van der Waals surface area contributed by atoms with Crippen molar-refractivity contribution in [2.75, 3.05) is 5.32 Å². The quantitative estimate of drug-likeness (QED) is 0.481. The normalized spacial score (nSPS) is 12.0. The molecule has 1 N–H and O–H groups in total. The van der Waals surface area contributed by atoms with E-state index < -0.39 is 0 Å². The van der Waals surface area contributed by atoms with Gasteiger partial charge in [0.25, 0.3) is 0 Å². The van der Waals surface area contributed by atoms with Crippen molar-refractivity contribution >= 4 is 22.6 Å². The van der Waals surface area contributed by atoms with Gasteiger partial charge in [-0.15, -0.1) is 0 Å². The first-order valence-corrected chi connectivity index (χ1v) is 9.40. The second-order valence-electron chi connectivity index (χ2n) is 7.96. The predicted molar refractivity (Wildman–Crippen MR) is 113 cm³/mol. The fourth-order valence-corrected chi connectivity index (χ4v) is 3.22. The van der Waals surface area contributed by atoms with Gasteiger partial charge >= 0.3 is 0 Å². The molecule has 0 unspecified atom stereocenters. The molecule has 4 heterocycles. The van der Waals surface area contributed by atoms with Gasteiger partial charge in [0.1, 0.15) is 17.7 Å². The Morgan fingerprint density at radius 1 is 1.00 bits per heavy atom. The average molecular weight is 384 g/mol. The van der Waals surface area contributed by atoms with Crippen LogP contribution in [0.1, 0.15) is 20.8 Å². The van der Waals surface area contributed by atoms with Crippen molar-refractivity contribution in [3.63, 3.8) is 0 Å². The van der Waals surface area contributed by atoms with Crippen LogP contribution in [-0.2, 0) is 0 Å². The van der Waals surface area contributed by atoms with Crippen molar-refractivity contribution in [1.82, 2.24) is 24.6 Å². The maximum absolute atomic E-state index is 6.04. The zero-order chi connectivity index (χ0) is 20.0. The van der Waals surface area contributed by atoms with Crippen LogP contribution < -0.4 is 5.32 Å². The van der Waals surface area contributed by atoms with Gasteiger partial charge in [0.05, 0.1) is 5.56 Å². The molecule has 0 amide bonds. The molecule has 0 atom stereocenters. The number of aromatic nitrogens is 5. The average Bonchev–Trinajstić information content (AvgIpc) is 3.33. The summed E-state index contributed by atoms with van der Waals surface area (Å²) >= 11 is 0. The molecule has 4 aromatic heterocycles. The van der Waals surface area contributed by atoms with E-state index in [-0.39, 0.29) is 5.54 Å². The topological polar surface area (TPSA) is 81.1 Å². The van der Waals surface area contributed by atoms with Crippen LogP contribution in [0.15, 0.2) is 65.6 Å². The number of pyridine rings is 2. The zero-order valence-corrected chi connectivity index (χ0v) is 16.4. The van der Waals surface area contributed by atoms with Gasteiger partial charge in [0, 0.05) is 29.1 Å². The molecule has 0 radical (unpaired) electrons. The Morgan fingerprint density at radius 3 is 2.69 bits per heavy atom. The van der Waals surface area contributed by atoms with E-state index in [0.29, 0.717) is 5.89 Å². The molecule has 5 aromatic rings. The molecule has 0 aliphatic carbocycles. The second kappa shape index (κ2) is 6.41. The highest BCUT2D eigenvalue weighted by molar-refractivity contribution is 5.81. The number of hydrogen-bond donors (Lipinski definition) is 1. The molecule has 29 heavy (non-hydrogen) atoms.